The van der Waals surface area contributed by atoms with Gasteiger partial charge in [-0.15, -0.1) is 11.8 Å². The van der Waals surface area contributed by atoms with Gasteiger partial charge in [0.25, 0.3) is 0 Å². The highest BCUT2D eigenvalue weighted by molar-refractivity contribution is 8.00. The Hall–Kier alpha value is -1.89. The number of hydrogen-bond acceptors (Lipinski definition) is 4. The van der Waals surface area contributed by atoms with Crippen LogP contribution in [0.3, 0.4) is 0 Å². The third kappa shape index (κ3) is 3.02. The average Bonchev–Trinajstić information content (AvgIpc) is 3.43. The van der Waals surface area contributed by atoms with E-state index in [2.05, 4.69) is 34.6 Å². The molecule has 1 spiro atoms. The van der Waals surface area contributed by atoms with Crippen molar-refractivity contribution in [3.63, 3.8) is 0 Å². The number of fused-ring (bicyclic) bond motifs is 2. The highest BCUT2D eigenvalue weighted by Crippen LogP contribution is 2.54. The molecule has 3 amide bonds. The van der Waals surface area contributed by atoms with Crippen LogP contribution in [0.2, 0.25) is 0 Å². The molecule has 6 nitrogen and oxygen atoms in total. The molecule has 7 heteroatoms. The monoisotopic (exact) mass is 375 g/mol. The minimum absolute atomic E-state index is 0.0100. The number of urea groups is 1. The van der Waals surface area contributed by atoms with Gasteiger partial charge in [0, 0.05) is 19.0 Å². The number of rotatable bonds is 4. The molecule has 140 valence electrons. The van der Waals surface area contributed by atoms with Crippen molar-refractivity contribution in [2.75, 3.05) is 26.0 Å². The molecule has 0 bridgehead atoms. The van der Waals surface area contributed by atoms with Gasteiger partial charge in [0.05, 0.1) is 23.8 Å². The second-order valence-corrected chi connectivity index (χ2v) is 8.54. The van der Waals surface area contributed by atoms with E-state index >= 15 is 0 Å². The maximum Gasteiger partial charge on any atom is 0.315 e. The van der Waals surface area contributed by atoms with Gasteiger partial charge >= 0.3 is 6.03 Å². The van der Waals surface area contributed by atoms with Crippen LogP contribution in [0, 0.1) is 5.92 Å². The van der Waals surface area contributed by atoms with Crippen molar-refractivity contribution in [1.82, 2.24) is 15.5 Å². The van der Waals surface area contributed by atoms with E-state index in [1.807, 2.05) is 6.07 Å². The number of thioether (sulfide) groups is 1. The van der Waals surface area contributed by atoms with Gasteiger partial charge in [-0.05, 0) is 42.5 Å². The summed E-state index contributed by atoms with van der Waals surface area (Å²) in [5, 5.41) is 5.69. The SMILES string of the molecule is COc1ccc2c(c1)CCN(C(=O)CSC1NC(=O)NCC1C)C21CC1. The van der Waals surface area contributed by atoms with E-state index in [-0.39, 0.29) is 22.9 Å². The van der Waals surface area contributed by atoms with Crippen molar-refractivity contribution < 1.29 is 14.3 Å². The summed E-state index contributed by atoms with van der Waals surface area (Å²) >= 11 is 1.54. The summed E-state index contributed by atoms with van der Waals surface area (Å²) in [6, 6.07) is 6.09. The third-order valence-electron chi connectivity index (χ3n) is 5.72. The number of nitrogens with zero attached hydrogens (tertiary/aromatic N) is 1. The van der Waals surface area contributed by atoms with Crippen LogP contribution in [0.15, 0.2) is 18.2 Å². The van der Waals surface area contributed by atoms with Crippen LogP contribution in [-0.2, 0) is 16.8 Å². The molecule has 3 aliphatic rings. The fraction of sp³-hybridized carbons (Fsp3) is 0.579. The first-order valence-electron chi connectivity index (χ1n) is 9.17. The molecule has 1 saturated heterocycles. The lowest BCUT2D eigenvalue weighted by atomic mass is 9.90. The number of methoxy groups -OCH3 is 1. The first-order chi connectivity index (χ1) is 12.5. The minimum Gasteiger partial charge on any atom is -0.497 e. The predicted octanol–water partition coefficient (Wildman–Crippen LogP) is 2.08. The first kappa shape index (κ1) is 17.5. The Morgan fingerprint density at radius 1 is 1.42 bits per heavy atom. The van der Waals surface area contributed by atoms with Gasteiger partial charge in [0.1, 0.15) is 5.75 Å². The minimum atomic E-state index is -0.146. The summed E-state index contributed by atoms with van der Waals surface area (Å²) in [6.45, 7) is 3.50. The van der Waals surface area contributed by atoms with Crippen molar-refractivity contribution in [3.8, 4) is 5.75 Å². The van der Waals surface area contributed by atoms with Crippen LogP contribution in [0.5, 0.6) is 5.75 Å². The van der Waals surface area contributed by atoms with E-state index < -0.39 is 0 Å². The molecular weight excluding hydrogens is 350 g/mol. The normalized spacial score (nSPS) is 25.9. The molecule has 2 aliphatic heterocycles. The zero-order valence-electron chi connectivity index (χ0n) is 15.2. The first-order valence-corrected chi connectivity index (χ1v) is 10.2. The second kappa shape index (κ2) is 6.68. The summed E-state index contributed by atoms with van der Waals surface area (Å²) in [5.74, 6) is 1.76. The van der Waals surface area contributed by atoms with Gasteiger partial charge in [-0.3, -0.25) is 4.79 Å². The lowest BCUT2D eigenvalue weighted by Crippen LogP contribution is -2.53. The maximum absolute atomic E-state index is 13.0. The molecule has 26 heavy (non-hydrogen) atoms. The van der Waals surface area contributed by atoms with Crippen molar-refractivity contribution in [2.45, 2.75) is 37.1 Å². The van der Waals surface area contributed by atoms with Crippen LogP contribution < -0.4 is 15.4 Å². The summed E-state index contributed by atoms with van der Waals surface area (Å²) in [6.07, 6.45) is 2.93. The molecule has 1 aromatic carbocycles. The number of hydrogen-bond donors (Lipinski definition) is 2. The summed E-state index contributed by atoms with van der Waals surface area (Å²) in [7, 11) is 1.69. The van der Waals surface area contributed by atoms with Crippen molar-refractivity contribution >= 4 is 23.7 Å². The summed E-state index contributed by atoms with van der Waals surface area (Å²) in [5.41, 5.74) is 2.48. The molecule has 0 radical (unpaired) electrons. The van der Waals surface area contributed by atoms with E-state index in [0.29, 0.717) is 18.2 Å². The van der Waals surface area contributed by atoms with E-state index in [9.17, 15) is 9.59 Å². The van der Waals surface area contributed by atoms with Crippen LogP contribution in [-0.4, -0.2) is 48.2 Å². The number of ether oxygens (including phenoxy) is 1. The number of carbonyl (C=O) groups is 2. The van der Waals surface area contributed by atoms with Gasteiger partial charge in [0.2, 0.25) is 5.91 Å². The summed E-state index contributed by atoms with van der Waals surface area (Å²) in [4.78, 5) is 26.6. The molecule has 2 atom stereocenters. The van der Waals surface area contributed by atoms with Crippen LogP contribution >= 0.6 is 11.8 Å². The topological polar surface area (TPSA) is 70.7 Å². The lowest BCUT2D eigenvalue weighted by Gasteiger charge is -2.39. The van der Waals surface area contributed by atoms with Gasteiger partial charge < -0.3 is 20.3 Å². The van der Waals surface area contributed by atoms with E-state index in [1.54, 1.807) is 18.9 Å². The fourth-order valence-corrected chi connectivity index (χ4v) is 5.19. The second-order valence-electron chi connectivity index (χ2n) is 7.41. The highest BCUT2D eigenvalue weighted by Gasteiger charge is 2.54. The van der Waals surface area contributed by atoms with E-state index in [4.69, 9.17) is 4.74 Å². The van der Waals surface area contributed by atoms with Crippen molar-refractivity contribution in [3.05, 3.63) is 29.3 Å². The standard InChI is InChI=1S/C19H25N3O3S/c1-12-10-20-18(24)21-17(12)26-11-16(23)22-8-5-13-9-14(25-2)3-4-15(13)19(22)6-7-19/h3-4,9,12,17H,5-8,10-11H2,1-2H3,(H2,20,21,24). The maximum atomic E-state index is 13.0. The molecule has 1 aliphatic carbocycles. The quantitative estimate of drug-likeness (QED) is 0.845. The zero-order chi connectivity index (χ0) is 18.3. The molecule has 2 N–H and O–H groups in total. The van der Waals surface area contributed by atoms with Crippen molar-refractivity contribution in [1.29, 1.82) is 0 Å². The molecule has 2 heterocycles. The number of nitrogens with one attached hydrogen (secondary N) is 2. The number of carbonyl (C=O) groups excluding carboxylic acids is 2. The average molecular weight is 375 g/mol. The van der Waals surface area contributed by atoms with Crippen LogP contribution in [0.25, 0.3) is 0 Å². The smallest absolute Gasteiger partial charge is 0.315 e. The predicted molar refractivity (Wildman–Crippen MR) is 101 cm³/mol. The van der Waals surface area contributed by atoms with Gasteiger partial charge in [-0.2, -0.15) is 0 Å². The Morgan fingerprint density at radius 3 is 2.96 bits per heavy atom. The van der Waals surface area contributed by atoms with Crippen molar-refractivity contribution in [2.24, 2.45) is 5.92 Å². The Morgan fingerprint density at radius 2 is 2.23 bits per heavy atom. The Bertz CT molecular complexity index is 735. The largest absolute Gasteiger partial charge is 0.497 e. The zero-order valence-corrected chi connectivity index (χ0v) is 16.0. The van der Waals surface area contributed by atoms with Crippen LogP contribution in [0.1, 0.15) is 30.9 Å². The Kier molecular flexibility index (Phi) is 4.50. The Labute approximate surface area is 158 Å². The molecule has 0 aromatic heterocycles. The highest BCUT2D eigenvalue weighted by atomic mass is 32.2. The van der Waals surface area contributed by atoms with Gasteiger partial charge in [0.15, 0.2) is 0 Å². The lowest BCUT2D eigenvalue weighted by molar-refractivity contribution is -0.132. The van der Waals surface area contributed by atoms with Gasteiger partial charge in [-0.1, -0.05) is 13.0 Å². The summed E-state index contributed by atoms with van der Waals surface area (Å²) < 4.78 is 5.34. The molecule has 2 unspecified atom stereocenters. The van der Waals surface area contributed by atoms with Gasteiger partial charge in [-0.25, -0.2) is 4.79 Å². The number of benzene rings is 1. The van der Waals surface area contributed by atoms with E-state index in [0.717, 1.165) is 31.6 Å². The molecule has 1 aromatic rings. The molecule has 4 rings (SSSR count). The fourth-order valence-electron chi connectivity index (χ4n) is 4.10. The number of amides is 3. The molecule has 2 fully saturated rings. The third-order valence-corrected chi connectivity index (χ3v) is 7.08. The molecular formula is C19H25N3O3S. The van der Waals surface area contributed by atoms with E-state index in [1.165, 1.54) is 11.1 Å². The Balaban J connectivity index is 1.45. The molecule has 1 saturated carbocycles. The van der Waals surface area contributed by atoms with Crippen LogP contribution in [0.4, 0.5) is 4.79 Å².